The molecule has 0 saturated carbocycles. The van der Waals surface area contributed by atoms with E-state index in [0.717, 1.165) is 11.4 Å². The number of hydrogen-bond donors (Lipinski definition) is 0. The lowest BCUT2D eigenvalue weighted by Gasteiger charge is -2.31. The molecule has 0 unspecified atom stereocenters. The first-order chi connectivity index (χ1) is 22.3. The summed E-state index contributed by atoms with van der Waals surface area (Å²) in [6.07, 6.45) is 0. The Morgan fingerprint density at radius 1 is 0.356 bits per heavy atom. The van der Waals surface area contributed by atoms with Gasteiger partial charge in [0.15, 0.2) is 0 Å². The summed E-state index contributed by atoms with van der Waals surface area (Å²) < 4.78 is 6.57. The summed E-state index contributed by atoms with van der Waals surface area (Å²) in [5.74, 6) is 0.927. The maximum Gasteiger partial charge on any atom is 0.524 e. The van der Waals surface area contributed by atoms with Crippen LogP contribution in [0.4, 0.5) is 11.4 Å². The van der Waals surface area contributed by atoms with Crippen molar-refractivity contribution in [3.8, 4) is 72.5 Å². The standard InChI is InChI=1S/C42H26BNO/c1-2-12-30-29(11-1)31-13-3-4-15-33(31)35-23-21-27(25-37(35)34-16-6-5-14-32(30)34)28-22-24-39-38(26-28)36-17-7-8-18-40(36)44-41-19-9-10-20-42(41)45-43(39)44/h1-26H. The zero-order valence-electron chi connectivity index (χ0n) is 24.4. The average molecular weight is 571 g/mol. The molecule has 0 spiro atoms. The summed E-state index contributed by atoms with van der Waals surface area (Å²) in [5.41, 5.74) is 18.4. The highest BCUT2D eigenvalue weighted by molar-refractivity contribution is 6.77. The van der Waals surface area contributed by atoms with Crippen LogP contribution in [0.1, 0.15) is 0 Å². The Balaban J connectivity index is 1.17. The summed E-state index contributed by atoms with van der Waals surface area (Å²) in [5, 5.41) is 0. The number of hydrogen-bond acceptors (Lipinski definition) is 2. The van der Waals surface area contributed by atoms with Gasteiger partial charge in [-0.2, -0.15) is 0 Å². The van der Waals surface area contributed by atoms with E-state index in [9.17, 15) is 0 Å². The van der Waals surface area contributed by atoms with Crippen LogP contribution in [0.2, 0.25) is 0 Å². The molecule has 3 aliphatic rings. The number of fused-ring (bicyclic) bond motifs is 16. The SMILES string of the molecule is c1ccc2c(c1)OB1c3ccc(-c4ccc5c(c4)-c4ccccc4-c4ccccc4-c4ccccc4-5)cc3-c3ccccc3N12. The van der Waals surface area contributed by atoms with E-state index in [4.69, 9.17) is 4.65 Å². The minimum atomic E-state index is -0.180. The van der Waals surface area contributed by atoms with Crippen LogP contribution in [0.25, 0.3) is 66.8 Å². The number of anilines is 2. The molecule has 7 aromatic carbocycles. The first-order valence-corrected chi connectivity index (χ1v) is 15.5. The summed E-state index contributed by atoms with van der Waals surface area (Å²) in [4.78, 5) is 2.34. The van der Waals surface area contributed by atoms with Crippen molar-refractivity contribution in [3.05, 3.63) is 158 Å². The van der Waals surface area contributed by atoms with E-state index in [1.807, 2.05) is 6.07 Å². The fraction of sp³-hybridized carbons (Fsp3) is 0. The summed E-state index contributed by atoms with van der Waals surface area (Å²) in [6, 6.07) is 57.4. The minimum absolute atomic E-state index is 0.180. The van der Waals surface area contributed by atoms with Crippen LogP contribution in [-0.2, 0) is 0 Å². The smallest absolute Gasteiger partial charge is 0.524 e. The fourth-order valence-corrected chi connectivity index (χ4v) is 7.65. The van der Waals surface area contributed by atoms with Gasteiger partial charge in [0.25, 0.3) is 0 Å². The third-order valence-corrected chi connectivity index (χ3v) is 9.67. The molecular weight excluding hydrogens is 545 g/mol. The predicted molar refractivity (Wildman–Crippen MR) is 187 cm³/mol. The fourth-order valence-electron chi connectivity index (χ4n) is 7.65. The maximum atomic E-state index is 6.57. The van der Waals surface area contributed by atoms with Crippen LogP contribution < -0.4 is 14.9 Å². The van der Waals surface area contributed by atoms with E-state index in [1.165, 1.54) is 77.9 Å². The zero-order valence-corrected chi connectivity index (χ0v) is 24.4. The molecule has 0 aromatic heterocycles. The van der Waals surface area contributed by atoms with Crippen LogP contribution in [0.3, 0.4) is 0 Å². The lowest BCUT2D eigenvalue weighted by Crippen LogP contribution is -2.50. The molecule has 2 aliphatic heterocycles. The van der Waals surface area contributed by atoms with Crippen LogP contribution in [0, 0.1) is 0 Å². The highest BCUT2D eigenvalue weighted by Crippen LogP contribution is 2.50. The lowest BCUT2D eigenvalue weighted by atomic mass is 9.64. The first-order valence-electron chi connectivity index (χ1n) is 15.5. The number of nitrogens with zero attached hydrogens (tertiary/aromatic N) is 1. The van der Waals surface area contributed by atoms with Gasteiger partial charge in [0.05, 0.1) is 5.69 Å². The molecule has 0 N–H and O–H groups in total. The van der Waals surface area contributed by atoms with E-state index in [2.05, 4.69) is 156 Å². The summed E-state index contributed by atoms with van der Waals surface area (Å²) in [6.45, 7) is 0. The van der Waals surface area contributed by atoms with Gasteiger partial charge in [-0.3, -0.25) is 0 Å². The first kappa shape index (κ1) is 24.6. The Labute approximate surface area is 263 Å². The van der Waals surface area contributed by atoms with Crippen LogP contribution in [-0.4, -0.2) is 7.05 Å². The van der Waals surface area contributed by atoms with Crippen LogP contribution in [0.5, 0.6) is 5.75 Å². The van der Waals surface area contributed by atoms with E-state index in [-0.39, 0.29) is 7.05 Å². The van der Waals surface area contributed by atoms with Gasteiger partial charge in [-0.15, -0.1) is 0 Å². The number of rotatable bonds is 1. The Hall–Kier alpha value is -5.80. The summed E-state index contributed by atoms with van der Waals surface area (Å²) >= 11 is 0. The van der Waals surface area contributed by atoms with Gasteiger partial charge in [-0.1, -0.05) is 127 Å². The Morgan fingerprint density at radius 2 is 0.800 bits per heavy atom. The topological polar surface area (TPSA) is 12.5 Å². The largest absolute Gasteiger partial charge is 0.536 e. The van der Waals surface area contributed by atoms with Gasteiger partial charge in [0.1, 0.15) is 5.75 Å². The van der Waals surface area contributed by atoms with Crippen LogP contribution in [0.15, 0.2) is 158 Å². The normalized spacial score (nSPS) is 13.0. The third kappa shape index (κ3) is 3.52. The van der Waals surface area contributed by atoms with Crippen molar-refractivity contribution in [1.29, 1.82) is 0 Å². The Kier molecular flexibility index (Phi) is 5.12. The van der Waals surface area contributed by atoms with Gasteiger partial charge >= 0.3 is 7.05 Å². The van der Waals surface area contributed by atoms with Crippen molar-refractivity contribution < 1.29 is 4.65 Å². The second-order valence-corrected chi connectivity index (χ2v) is 12.0. The molecule has 3 heteroatoms. The van der Waals surface area contributed by atoms with Gasteiger partial charge in [0, 0.05) is 11.3 Å². The van der Waals surface area contributed by atoms with Crippen molar-refractivity contribution >= 4 is 23.9 Å². The zero-order chi connectivity index (χ0) is 29.5. The molecule has 0 saturated heterocycles. The Bertz CT molecular complexity index is 2330. The molecule has 10 rings (SSSR count). The van der Waals surface area contributed by atoms with Crippen molar-refractivity contribution in [2.24, 2.45) is 0 Å². The van der Waals surface area contributed by atoms with Gasteiger partial charge in [-0.25, -0.2) is 0 Å². The van der Waals surface area contributed by atoms with E-state index in [0.29, 0.717) is 0 Å². The molecular formula is C42H26BNO. The molecule has 45 heavy (non-hydrogen) atoms. The molecule has 0 radical (unpaired) electrons. The van der Waals surface area contributed by atoms with Crippen molar-refractivity contribution in [1.82, 2.24) is 0 Å². The number of para-hydroxylation sites is 3. The van der Waals surface area contributed by atoms with Crippen molar-refractivity contribution in [2.45, 2.75) is 0 Å². The molecule has 2 nitrogen and oxygen atoms in total. The van der Waals surface area contributed by atoms with Gasteiger partial charge in [-0.05, 0) is 97.0 Å². The molecule has 1 aliphatic carbocycles. The second kappa shape index (κ2) is 9.35. The van der Waals surface area contributed by atoms with Gasteiger partial charge < -0.3 is 9.47 Å². The third-order valence-electron chi connectivity index (χ3n) is 9.67. The van der Waals surface area contributed by atoms with Gasteiger partial charge in [0.2, 0.25) is 0 Å². The molecule has 7 aromatic rings. The predicted octanol–water partition coefficient (Wildman–Crippen LogP) is 10.2. The number of benzene rings is 7. The average Bonchev–Trinajstić information content (AvgIpc) is 3.51. The summed E-state index contributed by atoms with van der Waals surface area (Å²) in [7, 11) is -0.180. The molecule has 0 bridgehead atoms. The van der Waals surface area contributed by atoms with E-state index >= 15 is 0 Å². The highest BCUT2D eigenvalue weighted by atomic mass is 16.5. The highest BCUT2D eigenvalue weighted by Gasteiger charge is 2.44. The maximum absolute atomic E-state index is 6.57. The lowest BCUT2D eigenvalue weighted by molar-refractivity contribution is 0.603. The Morgan fingerprint density at radius 3 is 1.42 bits per heavy atom. The van der Waals surface area contributed by atoms with E-state index < -0.39 is 0 Å². The monoisotopic (exact) mass is 571 g/mol. The molecule has 208 valence electrons. The molecule has 0 fully saturated rings. The second-order valence-electron chi connectivity index (χ2n) is 12.0. The van der Waals surface area contributed by atoms with Crippen molar-refractivity contribution in [2.75, 3.05) is 4.81 Å². The molecule has 0 atom stereocenters. The van der Waals surface area contributed by atoms with E-state index in [1.54, 1.807) is 0 Å². The molecule has 0 amide bonds. The molecule has 2 heterocycles. The quantitative estimate of drug-likeness (QED) is 0.182. The van der Waals surface area contributed by atoms with Crippen molar-refractivity contribution in [3.63, 3.8) is 0 Å². The van der Waals surface area contributed by atoms with Crippen LogP contribution >= 0.6 is 0 Å². The minimum Gasteiger partial charge on any atom is -0.536 e.